The van der Waals surface area contributed by atoms with E-state index in [0.717, 1.165) is 33.5 Å². The van der Waals surface area contributed by atoms with Gasteiger partial charge in [0.05, 0.1) is 17.1 Å². The van der Waals surface area contributed by atoms with Gasteiger partial charge in [-0.05, 0) is 56.8 Å². The molecular formula is C23H24N4O. The first-order valence-electron chi connectivity index (χ1n) is 9.28. The molecule has 3 rings (SSSR count). The second-order valence-corrected chi connectivity index (χ2v) is 6.96. The second kappa shape index (κ2) is 8.64. The third-order valence-electron chi connectivity index (χ3n) is 4.73. The molecule has 2 N–H and O–H groups in total. The second-order valence-electron chi connectivity index (χ2n) is 6.96. The lowest BCUT2D eigenvalue weighted by Crippen LogP contribution is -2.24. The van der Waals surface area contributed by atoms with E-state index in [9.17, 15) is 0 Å². The van der Waals surface area contributed by atoms with Gasteiger partial charge in [0.2, 0.25) is 0 Å². The summed E-state index contributed by atoms with van der Waals surface area (Å²) in [5, 5.41) is 21.5. The number of pyridine rings is 1. The average molecular weight is 372 g/mol. The summed E-state index contributed by atoms with van der Waals surface area (Å²) in [6.07, 6.45) is 0.659. The SMILES string of the molecule is CN[C@@H](C)CC(=N)c1cc(C)nc2cc(OCc3ccc(C#N)cc3)ccc12. The number of benzene rings is 2. The van der Waals surface area contributed by atoms with Crippen LogP contribution in [-0.2, 0) is 6.61 Å². The number of hydrogen-bond donors (Lipinski definition) is 2. The number of nitriles is 1. The number of nitrogens with one attached hydrogen (secondary N) is 2. The summed E-state index contributed by atoms with van der Waals surface area (Å²) in [5.41, 5.74) is 4.87. The Morgan fingerprint density at radius 3 is 2.64 bits per heavy atom. The summed E-state index contributed by atoms with van der Waals surface area (Å²) in [7, 11) is 1.91. The summed E-state index contributed by atoms with van der Waals surface area (Å²) in [5.74, 6) is 0.732. The summed E-state index contributed by atoms with van der Waals surface area (Å²) in [6, 6.07) is 17.5. The highest BCUT2D eigenvalue weighted by Crippen LogP contribution is 2.25. The van der Waals surface area contributed by atoms with E-state index in [4.69, 9.17) is 15.4 Å². The van der Waals surface area contributed by atoms with Crippen molar-refractivity contribution in [3.63, 3.8) is 0 Å². The fourth-order valence-corrected chi connectivity index (χ4v) is 3.04. The highest BCUT2D eigenvalue weighted by Gasteiger charge is 2.12. The Bertz CT molecular complexity index is 1030. The van der Waals surface area contributed by atoms with Crippen molar-refractivity contribution in [1.82, 2.24) is 10.3 Å². The van der Waals surface area contributed by atoms with Crippen LogP contribution in [0.1, 0.15) is 35.7 Å². The molecule has 0 aliphatic rings. The maximum Gasteiger partial charge on any atom is 0.122 e. The van der Waals surface area contributed by atoms with Gasteiger partial charge in [0.25, 0.3) is 0 Å². The number of aryl methyl sites for hydroxylation is 1. The van der Waals surface area contributed by atoms with Crippen molar-refractivity contribution in [2.45, 2.75) is 32.9 Å². The quantitative estimate of drug-likeness (QED) is 0.604. The van der Waals surface area contributed by atoms with E-state index in [1.807, 2.05) is 50.4 Å². The fourth-order valence-electron chi connectivity index (χ4n) is 3.04. The Balaban J connectivity index is 1.82. The molecule has 0 spiro atoms. The van der Waals surface area contributed by atoms with E-state index in [0.29, 0.717) is 24.3 Å². The molecule has 3 aromatic rings. The lowest BCUT2D eigenvalue weighted by molar-refractivity contribution is 0.306. The molecule has 0 bridgehead atoms. The monoisotopic (exact) mass is 372 g/mol. The van der Waals surface area contributed by atoms with Crippen molar-refractivity contribution < 1.29 is 4.74 Å². The molecule has 0 saturated heterocycles. The van der Waals surface area contributed by atoms with Crippen molar-refractivity contribution in [3.8, 4) is 11.8 Å². The third-order valence-corrected chi connectivity index (χ3v) is 4.73. The molecule has 1 atom stereocenters. The van der Waals surface area contributed by atoms with Crippen molar-refractivity contribution in [3.05, 3.63) is 70.9 Å². The zero-order chi connectivity index (χ0) is 20.1. The van der Waals surface area contributed by atoms with Gasteiger partial charge in [-0.25, -0.2) is 0 Å². The van der Waals surface area contributed by atoms with E-state index in [1.165, 1.54) is 0 Å². The summed E-state index contributed by atoms with van der Waals surface area (Å²) >= 11 is 0. The minimum atomic E-state index is 0.242. The third kappa shape index (κ3) is 4.54. The first-order valence-corrected chi connectivity index (χ1v) is 9.28. The van der Waals surface area contributed by atoms with Crippen molar-refractivity contribution >= 4 is 16.6 Å². The Labute approximate surface area is 165 Å². The molecule has 142 valence electrons. The smallest absolute Gasteiger partial charge is 0.122 e. The van der Waals surface area contributed by atoms with Gasteiger partial charge < -0.3 is 15.5 Å². The molecule has 0 fully saturated rings. The molecule has 0 unspecified atom stereocenters. The Kier molecular flexibility index (Phi) is 6.03. The van der Waals surface area contributed by atoms with E-state index in [2.05, 4.69) is 23.3 Å². The van der Waals surface area contributed by atoms with Crippen LogP contribution in [0.25, 0.3) is 10.9 Å². The van der Waals surface area contributed by atoms with E-state index in [-0.39, 0.29) is 6.04 Å². The lowest BCUT2D eigenvalue weighted by Gasteiger charge is -2.14. The van der Waals surface area contributed by atoms with Crippen molar-refractivity contribution in [2.24, 2.45) is 0 Å². The van der Waals surface area contributed by atoms with Gasteiger partial charge in [-0.3, -0.25) is 4.98 Å². The predicted octanol–water partition coefficient (Wildman–Crippen LogP) is 4.36. The van der Waals surface area contributed by atoms with Crippen LogP contribution in [-0.4, -0.2) is 23.8 Å². The lowest BCUT2D eigenvalue weighted by atomic mass is 9.99. The normalized spacial score (nSPS) is 11.8. The number of aromatic nitrogens is 1. The van der Waals surface area contributed by atoms with Gasteiger partial charge in [-0.15, -0.1) is 0 Å². The van der Waals surface area contributed by atoms with Gasteiger partial charge in [-0.2, -0.15) is 5.26 Å². The first kappa shape index (κ1) is 19.5. The van der Waals surface area contributed by atoms with Gasteiger partial charge in [0.15, 0.2) is 0 Å². The number of nitrogens with zero attached hydrogens (tertiary/aromatic N) is 2. The highest BCUT2D eigenvalue weighted by molar-refractivity contribution is 6.09. The van der Waals surface area contributed by atoms with Crippen LogP contribution >= 0.6 is 0 Å². The van der Waals surface area contributed by atoms with Crippen molar-refractivity contribution in [2.75, 3.05) is 7.05 Å². The number of rotatable bonds is 7. The molecule has 2 aromatic carbocycles. The van der Waals surface area contributed by atoms with Crippen molar-refractivity contribution in [1.29, 1.82) is 10.7 Å². The Hall–Kier alpha value is -3.23. The molecule has 0 radical (unpaired) electrons. The molecule has 5 nitrogen and oxygen atoms in total. The highest BCUT2D eigenvalue weighted by atomic mass is 16.5. The summed E-state index contributed by atoms with van der Waals surface area (Å²) in [6.45, 7) is 4.44. The molecule has 0 aliphatic carbocycles. The van der Waals surface area contributed by atoms with Gasteiger partial charge >= 0.3 is 0 Å². The first-order chi connectivity index (χ1) is 13.5. The molecule has 0 saturated carbocycles. The summed E-state index contributed by atoms with van der Waals surface area (Å²) < 4.78 is 5.91. The zero-order valence-electron chi connectivity index (χ0n) is 16.4. The van der Waals surface area contributed by atoms with Gasteiger partial charge in [0, 0.05) is 40.9 Å². The largest absolute Gasteiger partial charge is 0.489 e. The van der Waals surface area contributed by atoms with Crippen LogP contribution < -0.4 is 10.1 Å². The molecule has 1 heterocycles. The molecule has 5 heteroatoms. The van der Waals surface area contributed by atoms with E-state index >= 15 is 0 Å². The van der Waals surface area contributed by atoms with E-state index < -0.39 is 0 Å². The minimum Gasteiger partial charge on any atom is -0.489 e. The van der Waals surface area contributed by atoms with Gasteiger partial charge in [-0.1, -0.05) is 12.1 Å². The van der Waals surface area contributed by atoms with Crippen LogP contribution in [0.4, 0.5) is 0 Å². The van der Waals surface area contributed by atoms with Crippen LogP contribution in [0.2, 0.25) is 0 Å². The van der Waals surface area contributed by atoms with Crippen LogP contribution in [0.3, 0.4) is 0 Å². The maximum absolute atomic E-state index is 8.88. The Morgan fingerprint density at radius 1 is 1.21 bits per heavy atom. The number of fused-ring (bicyclic) bond motifs is 1. The number of hydrogen-bond acceptors (Lipinski definition) is 5. The van der Waals surface area contributed by atoms with E-state index in [1.54, 1.807) is 12.1 Å². The molecule has 0 amide bonds. The summed E-state index contributed by atoms with van der Waals surface area (Å²) in [4.78, 5) is 4.63. The fraction of sp³-hybridized carbons (Fsp3) is 0.261. The topological polar surface area (TPSA) is 81.8 Å². The standard InChI is InChI=1S/C23H24N4O/c1-15(26-3)11-22(25)21-10-16(2)27-23-12-19(8-9-20(21)23)28-14-18-6-4-17(13-24)5-7-18/h4-10,12,15,25-26H,11,14H2,1-3H3/t15-/m0/s1. The molecule has 1 aromatic heterocycles. The molecular weight excluding hydrogens is 348 g/mol. The number of ether oxygens (including phenoxy) is 1. The predicted molar refractivity (Wildman–Crippen MR) is 112 cm³/mol. The van der Waals surface area contributed by atoms with Crippen LogP contribution in [0.5, 0.6) is 5.75 Å². The average Bonchev–Trinajstić information content (AvgIpc) is 2.71. The van der Waals surface area contributed by atoms with Crippen LogP contribution in [0.15, 0.2) is 48.5 Å². The van der Waals surface area contributed by atoms with Crippen LogP contribution in [0, 0.1) is 23.7 Å². The minimum absolute atomic E-state index is 0.242. The Morgan fingerprint density at radius 2 is 1.96 bits per heavy atom. The van der Waals surface area contributed by atoms with Gasteiger partial charge in [0.1, 0.15) is 12.4 Å². The molecule has 0 aliphatic heterocycles. The zero-order valence-corrected chi connectivity index (χ0v) is 16.4. The maximum atomic E-state index is 8.88. The molecule has 28 heavy (non-hydrogen) atoms.